The number of hydrogen-bond acceptors (Lipinski definition) is 2. The summed E-state index contributed by atoms with van der Waals surface area (Å²) in [6.07, 6.45) is 2.15. The van der Waals surface area contributed by atoms with Gasteiger partial charge in [0, 0.05) is 12.7 Å². The SMILES string of the molecule is Br.C1=CN(Cc2ccccc2)CS1. The van der Waals surface area contributed by atoms with E-state index in [-0.39, 0.29) is 17.0 Å². The Morgan fingerprint density at radius 1 is 1.23 bits per heavy atom. The van der Waals surface area contributed by atoms with Gasteiger partial charge in [0.05, 0.1) is 5.88 Å². The van der Waals surface area contributed by atoms with Crippen molar-refractivity contribution < 1.29 is 0 Å². The second kappa shape index (κ2) is 5.35. The number of nitrogens with zero attached hydrogens (tertiary/aromatic N) is 1. The first kappa shape index (κ1) is 10.7. The molecule has 1 aromatic carbocycles. The molecule has 1 aromatic rings. The van der Waals surface area contributed by atoms with Crippen LogP contribution in [0.2, 0.25) is 0 Å². The fraction of sp³-hybridized carbons (Fsp3) is 0.200. The van der Waals surface area contributed by atoms with E-state index in [0.717, 1.165) is 12.4 Å². The lowest BCUT2D eigenvalue weighted by Crippen LogP contribution is -2.11. The van der Waals surface area contributed by atoms with Crippen molar-refractivity contribution in [1.29, 1.82) is 0 Å². The minimum Gasteiger partial charge on any atom is -0.363 e. The van der Waals surface area contributed by atoms with Crippen LogP contribution in [-0.4, -0.2) is 10.8 Å². The molecule has 70 valence electrons. The Morgan fingerprint density at radius 3 is 2.62 bits per heavy atom. The molecule has 0 saturated heterocycles. The molecule has 1 nitrogen and oxygen atoms in total. The van der Waals surface area contributed by atoms with Gasteiger partial charge < -0.3 is 4.90 Å². The van der Waals surface area contributed by atoms with Crippen LogP contribution in [0.1, 0.15) is 5.56 Å². The van der Waals surface area contributed by atoms with Crippen molar-refractivity contribution in [3.8, 4) is 0 Å². The summed E-state index contributed by atoms with van der Waals surface area (Å²) in [5, 5.41) is 2.14. The zero-order valence-corrected chi connectivity index (χ0v) is 9.75. The number of halogens is 1. The lowest BCUT2D eigenvalue weighted by atomic mass is 10.2. The summed E-state index contributed by atoms with van der Waals surface area (Å²) in [5.74, 6) is 1.09. The topological polar surface area (TPSA) is 3.24 Å². The van der Waals surface area contributed by atoms with Crippen molar-refractivity contribution >= 4 is 28.7 Å². The highest BCUT2D eigenvalue weighted by Gasteiger charge is 2.03. The fourth-order valence-electron chi connectivity index (χ4n) is 1.23. The molecule has 1 aliphatic rings. The van der Waals surface area contributed by atoms with Gasteiger partial charge in [-0.2, -0.15) is 0 Å². The molecule has 0 saturated carbocycles. The molecule has 0 N–H and O–H groups in total. The maximum absolute atomic E-state index is 2.31. The molecule has 0 amide bonds. The van der Waals surface area contributed by atoms with Crippen LogP contribution in [-0.2, 0) is 6.54 Å². The highest BCUT2D eigenvalue weighted by atomic mass is 79.9. The Hall–Kier alpha value is -0.410. The van der Waals surface area contributed by atoms with E-state index in [4.69, 9.17) is 0 Å². The predicted molar refractivity (Wildman–Crippen MR) is 63.9 cm³/mol. The van der Waals surface area contributed by atoms with Crippen LogP contribution in [0.5, 0.6) is 0 Å². The summed E-state index contributed by atoms with van der Waals surface area (Å²) in [5.41, 5.74) is 1.38. The van der Waals surface area contributed by atoms with Crippen LogP contribution in [0.15, 0.2) is 41.9 Å². The summed E-state index contributed by atoms with van der Waals surface area (Å²) >= 11 is 1.85. The van der Waals surface area contributed by atoms with Crippen molar-refractivity contribution in [2.24, 2.45) is 0 Å². The maximum Gasteiger partial charge on any atom is 0.0678 e. The normalized spacial score (nSPS) is 14.3. The van der Waals surface area contributed by atoms with Crippen LogP contribution in [0.4, 0.5) is 0 Å². The average molecular weight is 258 g/mol. The number of hydrogen-bond donors (Lipinski definition) is 0. The number of rotatable bonds is 2. The first-order valence-electron chi connectivity index (χ1n) is 4.01. The Morgan fingerprint density at radius 2 is 2.00 bits per heavy atom. The molecule has 2 rings (SSSR count). The largest absolute Gasteiger partial charge is 0.363 e. The van der Waals surface area contributed by atoms with E-state index in [1.54, 1.807) is 0 Å². The standard InChI is InChI=1S/C10H11NS.BrH/c1-2-4-10(5-3-1)8-11-6-7-12-9-11;/h1-7H,8-9H2;1H. The van der Waals surface area contributed by atoms with Crippen LogP contribution >= 0.6 is 28.7 Å². The third-order valence-electron chi connectivity index (χ3n) is 1.84. The second-order valence-corrected chi connectivity index (χ2v) is 3.68. The molecule has 0 unspecified atom stereocenters. The van der Waals surface area contributed by atoms with Crippen molar-refractivity contribution in [1.82, 2.24) is 4.90 Å². The van der Waals surface area contributed by atoms with Gasteiger partial charge in [-0.1, -0.05) is 30.3 Å². The van der Waals surface area contributed by atoms with Gasteiger partial charge in [0.2, 0.25) is 0 Å². The molecule has 1 aliphatic heterocycles. The summed E-state index contributed by atoms with van der Waals surface area (Å²) in [6.45, 7) is 1.03. The highest BCUT2D eigenvalue weighted by Crippen LogP contribution is 2.17. The number of thioether (sulfide) groups is 1. The van der Waals surface area contributed by atoms with Crippen LogP contribution in [0.3, 0.4) is 0 Å². The zero-order valence-electron chi connectivity index (χ0n) is 7.22. The Kier molecular flexibility index (Phi) is 4.39. The Labute approximate surface area is 93.6 Å². The third-order valence-corrected chi connectivity index (χ3v) is 2.63. The van der Waals surface area contributed by atoms with Gasteiger partial charge in [0.15, 0.2) is 0 Å². The van der Waals surface area contributed by atoms with Gasteiger partial charge >= 0.3 is 0 Å². The van der Waals surface area contributed by atoms with Crippen molar-refractivity contribution in [3.63, 3.8) is 0 Å². The van der Waals surface area contributed by atoms with E-state index in [9.17, 15) is 0 Å². The lowest BCUT2D eigenvalue weighted by Gasteiger charge is -2.13. The molecule has 0 atom stereocenters. The van der Waals surface area contributed by atoms with E-state index >= 15 is 0 Å². The molecule has 0 bridgehead atoms. The molecule has 0 radical (unpaired) electrons. The van der Waals surface area contributed by atoms with Gasteiger partial charge in [-0.15, -0.1) is 28.7 Å². The van der Waals surface area contributed by atoms with Crippen molar-refractivity contribution in [2.75, 3.05) is 5.88 Å². The average Bonchev–Trinajstić information content (AvgIpc) is 2.59. The van der Waals surface area contributed by atoms with Gasteiger partial charge in [-0.25, -0.2) is 0 Å². The molecule has 1 heterocycles. The van der Waals surface area contributed by atoms with Gasteiger partial charge in [-0.3, -0.25) is 0 Å². The molecule has 0 spiro atoms. The predicted octanol–water partition coefficient (Wildman–Crippen LogP) is 3.24. The molecule has 0 aliphatic carbocycles. The first-order chi connectivity index (χ1) is 5.95. The third kappa shape index (κ3) is 3.08. The Bertz CT molecular complexity index is 274. The fourth-order valence-corrected chi connectivity index (χ4v) is 1.94. The van der Waals surface area contributed by atoms with Crippen LogP contribution in [0.25, 0.3) is 0 Å². The minimum atomic E-state index is 0. The summed E-state index contributed by atoms with van der Waals surface area (Å²) < 4.78 is 0. The quantitative estimate of drug-likeness (QED) is 0.801. The Balaban J connectivity index is 0.000000845. The van der Waals surface area contributed by atoms with E-state index in [1.165, 1.54) is 5.56 Å². The van der Waals surface area contributed by atoms with Crippen LogP contribution < -0.4 is 0 Å². The van der Waals surface area contributed by atoms with Gasteiger partial charge in [-0.05, 0) is 11.0 Å². The van der Waals surface area contributed by atoms with E-state index < -0.39 is 0 Å². The molecule has 13 heavy (non-hydrogen) atoms. The van der Waals surface area contributed by atoms with Crippen molar-refractivity contribution in [2.45, 2.75) is 6.54 Å². The zero-order chi connectivity index (χ0) is 8.23. The summed E-state index contributed by atoms with van der Waals surface area (Å²) in [4.78, 5) is 2.31. The van der Waals surface area contributed by atoms with E-state index in [0.29, 0.717) is 0 Å². The van der Waals surface area contributed by atoms with E-state index in [1.807, 2.05) is 11.8 Å². The second-order valence-electron chi connectivity index (χ2n) is 2.81. The monoisotopic (exact) mass is 257 g/mol. The summed E-state index contributed by atoms with van der Waals surface area (Å²) in [7, 11) is 0. The highest BCUT2D eigenvalue weighted by molar-refractivity contribution is 8.93. The maximum atomic E-state index is 2.31. The molecular weight excluding hydrogens is 246 g/mol. The molecule has 0 fully saturated rings. The van der Waals surface area contributed by atoms with E-state index in [2.05, 4.69) is 46.8 Å². The van der Waals surface area contributed by atoms with Gasteiger partial charge in [0.25, 0.3) is 0 Å². The van der Waals surface area contributed by atoms with Crippen LogP contribution in [0, 0.1) is 0 Å². The van der Waals surface area contributed by atoms with Crippen molar-refractivity contribution in [3.05, 3.63) is 47.5 Å². The first-order valence-corrected chi connectivity index (χ1v) is 5.06. The minimum absolute atomic E-state index is 0. The number of benzene rings is 1. The van der Waals surface area contributed by atoms with Gasteiger partial charge in [0.1, 0.15) is 0 Å². The molecular formula is C10H12BrNS. The lowest BCUT2D eigenvalue weighted by molar-refractivity contribution is 0.441. The smallest absolute Gasteiger partial charge is 0.0678 e. The molecule has 0 aromatic heterocycles. The summed E-state index contributed by atoms with van der Waals surface area (Å²) in [6, 6.07) is 10.6. The molecule has 3 heteroatoms.